The average molecular weight is 265 g/mol. The van der Waals surface area contributed by atoms with Gasteiger partial charge in [0.25, 0.3) is 0 Å². The quantitative estimate of drug-likeness (QED) is 0.831. The van der Waals surface area contributed by atoms with Crippen LogP contribution in [-0.4, -0.2) is 54.1 Å². The van der Waals surface area contributed by atoms with Crippen LogP contribution >= 0.6 is 0 Å². The van der Waals surface area contributed by atoms with Crippen LogP contribution in [0.5, 0.6) is 0 Å². The number of hydrogen-bond acceptors (Lipinski definition) is 3. The summed E-state index contributed by atoms with van der Waals surface area (Å²) in [6.45, 7) is 3.45. The van der Waals surface area contributed by atoms with E-state index in [1.807, 2.05) is 0 Å². The Morgan fingerprint density at radius 2 is 1.47 bits per heavy atom. The number of nitrogens with two attached hydrogens (primary N) is 1. The fourth-order valence-electron chi connectivity index (χ4n) is 4.82. The molecule has 3 aliphatic heterocycles. The lowest BCUT2D eigenvalue weighted by molar-refractivity contribution is -0.00317. The van der Waals surface area contributed by atoms with E-state index in [1.54, 1.807) is 0 Å². The van der Waals surface area contributed by atoms with Crippen molar-refractivity contribution in [3.8, 4) is 0 Å². The Labute approximate surface area is 118 Å². The molecule has 2 N–H and O–H groups in total. The summed E-state index contributed by atoms with van der Waals surface area (Å²) in [5, 5.41) is 0. The van der Waals surface area contributed by atoms with Gasteiger partial charge in [0.1, 0.15) is 0 Å². The lowest BCUT2D eigenvalue weighted by Crippen LogP contribution is -2.62. The monoisotopic (exact) mass is 265 g/mol. The third-order valence-corrected chi connectivity index (χ3v) is 6.12. The summed E-state index contributed by atoms with van der Waals surface area (Å²) < 4.78 is 0. The Morgan fingerprint density at radius 3 is 2.00 bits per heavy atom. The number of piperidine rings is 1. The summed E-state index contributed by atoms with van der Waals surface area (Å²) in [4.78, 5) is 5.43. The van der Waals surface area contributed by atoms with Crippen molar-refractivity contribution in [3.63, 3.8) is 0 Å². The van der Waals surface area contributed by atoms with Crippen LogP contribution in [0.2, 0.25) is 0 Å². The highest BCUT2D eigenvalue weighted by Gasteiger charge is 2.48. The van der Waals surface area contributed by atoms with Gasteiger partial charge >= 0.3 is 0 Å². The van der Waals surface area contributed by atoms with Crippen LogP contribution in [0.15, 0.2) is 0 Å². The van der Waals surface area contributed by atoms with Crippen molar-refractivity contribution >= 4 is 0 Å². The summed E-state index contributed by atoms with van der Waals surface area (Å²) in [6.07, 6.45) is 12.5. The molecule has 3 nitrogen and oxygen atoms in total. The van der Waals surface area contributed by atoms with E-state index in [0.717, 1.165) is 18.6 Å². The van der Waals surface area contributed by atoms with Crippen molar-refractivity contribution in [1.29, 1.82) is 0 Å². The first-order valence-corrected chi connectivity index (χ1v) is 8.42. The smallest absolute Gasteiger partial charge is 0.0361 e. The van der Waals surface area contributed by atoms with E-state index in [4.69, 9.17) is 5.73 Å². The zero-order valence-electron chi connectivity index (χ0n) is 12.6. The topological polar surface area (TPSA) is 32.5 Å². The van der Waals surface area contributed by atoms with Gasteiger partial charge < -0.3 is 10.6 Å². The minimum Gasteiger partial charge on any atom is -0.329 e. The molecule has 3 rings (SSSR count). The molecule has 0 aliphatic carbocycles. The Morgan fingerprint density at radius 1 is 0.947 bits per heavy atom. The van der Waals surface area contributed by atoms with Gasteiger partial charge in [-0.1, -0.05) is 19.3 Å². The van der Waals surface area contributed by atoms with Crippen molar-refractivity contribution in [2.45, 2.75) is 75.4 Å². The van der Waals surface area contributed by atoms with Gasteiger partial charge in [0.15, 0.2) is 0 Å². The fraction of sp³-hybridized carbons (Fsp3) is 1.00. The van der Waals surface area contributed by atoms with E-state index < -0.39 is 0 Å². The highest BCUT2D eigenvalue weighted by atomic mass is 15.3. The maximum Gasteiger partial charge on any atom is 0.0361 e. The van der Waals surface area contributed by atoms with E-state index in [1.165, 1.54) is 70.9 Å². The molecule has 3 heteroatoms. The Kier molecular flexibility index (Phi) is 4.16. The van der Waals surface area contributed by atoms with E-state index >= 15 is 0 Å². The molecule has 2 bridgehead atoms. The van der Waals surface area contributed by atoms with Crippen molar-refractivity contribution in [2.75, 3.05) is 26.7 Å². The molecule has 0 aromatic rings. The van der Waals surface area contributed by atoms with Crippen molar-refractivity contribution < 1.29 is 0 Å². The third kappa shape index (κ3) is 2.57. The van der Waals surface area contributed by atoms with E-state index in [0.29, 0.717) is 5.54 Å². The van der Waals surface area contributed by atoms with Crippen LogP contribution in [0.3, 0.4) is 0 Å². The molecule has 0 spiro atoms. The largest absolute Gasteiger partial charge is 0.329 e. The van der Waals surface area contributed by atoms with Gasteiger partial charge in [-0.25, -0.2) is 0 Å². The van der Waals surface area contributed by atoms with Crippen molar-refractivity contribution in [1.82, 2.24) is 9.80 Å². The number of fused-ring (bicyclic) bond motifs is 2. The molecule has 3 aliphatic rings. The molecule has 0 radical (unpaired) electrons. The number of rotatable bonds is 2. The molecule has 110 valence electrons. The molecule has 3 fully saturated rings. The highest BCUT2D eigenvalue weighted by Crippen LogP contribution is 2.42. The van der Waals surface area contributed by atoms with Crippen LogP contribution in [0.1, 0.15) is 57.8 Å². The predicted octanol–water partition coefficient (Wildman–Crippen LogP) is 2.21. The zero-order valence-corrected chi connectivity index (χ0v) is 12.6. The Hall–Kier alpha value is -0.120. The summed E-state index contributed by atoms with van der Waals surface area (Å²) >= 11 is 0. The molecular weight excluding hydrogens is 234 g/mol. The van der Waals surface area contributed by atoms with E-state index in [2.05, 4.69) is 16.8 Å². The second-order valence-electron chi connectivity index (χ2n) is 7.14. The number of hydrogen-bond donors (Lipinski definition) is 1. The van der Waals surface area contributed by atoms with Gasteiger partial charge in [-0.15, -0.1) is 0 Å². The molecule has 0 aromatic carbocycles. The van der Waals surface area contributed by atoms with Crippen molar-refractivity contribution in [3.05, 3.63) is 0 Å². The molecule has 19 heavy (non-hydrogen) atoms. The minimum atomic E-state index is 0.329. The normalized spacial score (nSPS) is 42.0. The first-order chi connectivity index (χ1) is 9.25. The van der Waals surface area contributed by atoms with Crippen LogP contribution in [-0.2, 0) is 0 Å². The summed E-state index contributed by atoms with van der Waals surface area (Å²) in [5.74, 6) is 0. The van der Waals surface area contributed by atoms with Gasteiger partial charge in [-0.2, -0.15) is 0 Å². The van der Waals surface area contributed by atoms with Crippen LogP contribution in [0.25, 0.3) is 0 Å². The lowest BCUT2D eigenvalue weighted by atomic mass is 9.80. The zero-order chi connectivity index (χ0) is 13.3. The predicted molar refractivity (Wildman–Crippen MR) is 80.3 cm³/mol. The Balaban J connectivity index is 1.74. The van der Waals surface area contributed by atoms with E-state index in [-0.39, 0.29) is 0 Å². The Bertz CT molecular complexity index is 282. The molecule has 3 saturated heterocycles. The molecule has 3 heterocycles. The third-order valence-electron chi connectivity index (χ3n) is 6.12. The van der Waals surface area contributed by atoms with Crippen LogP contribution in [0.4, 0.5) is 0 Å². The SMILES string of the molecule is CN1C2CCC1CC(CN)(N1CCCCCCC1)C2. The van der Waals surface area contributed by atoms with Gasteiger partial charge in [-0.05, 0) is 58.7 Å². The van der Waals surface area contributed by atoms with Gasteiger partial charge in [0, 0.05) is 24.2 Å². The maximum atomic E-state index is 6.30. The molecule has 2 unspecified atom stereocenters. The lowest BCUT2D eigenvalue weighted by Gasteiger charge is -2.51. The number of nitrogens with zero attached hydrogens (tertiary/aromatic N) is 2. The first kappa shape index (κ1) is 13.8. The molecule has 0 saturated carbocycles. The van der Waals surface area contributed by atoms with Gasteiger partial charge in [0.05, 0.1) is 0 Å². The first-order valence-electron chi connectivity index (χ1n) is 8.42. The second-order valence-corrected chi connectivity index (χ2v) is 7.14. The van der Waals surface area contributed by atoms with Crippen molar-refractivity contribution in [2.24, 2.45) is 5.73 Å². The average Bonchev–Trinajstić information content (AvgIpc) is 2.62. The summed E-state index contributed by atoms with van der Waals surface area (Å²) in [6, 6.07) is 1.60. The standard InChI is InChI=1S/C16H31N3/c1-18-14-7-8-15(18)12-16(11-14,13-17)19-9-5-3-2-4-6-10-19/h14-15H,2-13,17H2,1H3. The van der Waals surface area contributed by atoms with Gasteiger partial charge in [-0.3, -0.25) is 4.90 Å². The minimum absolute atomic E-state index is 0.329. The van der Waals surface area contributed by atoms with E-state index in [9.17, 15) is 0 Å². The van der Waals surface area contributed by atoms with Crippen LogP contribution < -0.4 is 5.73 Å². The summed E-state index contributed by atoms with van der Waals surface area (Å²) in [7, 11) is 2.33. The van der Waals surface area contributed by atoms with Gasteiger partial charge in [0.2, 0.25) is 0 Å². The fourth-order valence-corrected chi connectivity index (χ4v) is 4.82. The number of likely N-dealkylation sites (tertiary alicyclic amines) is 1. The maximum absolute atomic E-state index is 6.30. The highest BCUT2D eigenvalue weighted by molar-refractivity contribution is 5.06. The molecular formula is C16H31N3. The second kappa shape index (κ2) is 5.71. The van der Waals surface area contributed by atoms with Crippen LogP contribution in [0, 0.1) is 0 Å². The molecule has 0 amide bonds. The summed E-state index contributed by atoms with van der Waals surface area (Å²) in [5.41, 5.74) is 6.63. The molecule has 2 atom stereocenters. The molecule has 0 aromatic heterocycles.